The molecule has 0 saturated carbocycles. The summed E-state index contributed by atoms with van der Waals surface area (Å²) in [6, 6.07) is 8.26. The van der Waals surface area contributed by atoms with Crippen LogP contribution >= 0.6 is 0 Å². The molecular formula is C17H11NO. The van der Waals surface area contributed by atoms with E-state index in [9.17, 15) is 4.79 Å². The highest BCUT2D eigenvalue weighted by Crippen LogP contribution is 2.42. The smallest absolute Gasteiger partial charge is 0.178 e. The van der Waals surface area contributed by atoms with Gasteiger partial charge >= 0.3 is 0 Å². The molecule has 19 heavy (non-hydrogen) atoms. The number of hydrogen-bond donors (Lipinski definition) is 0. The molecule has 0 saturated heterocycles. The normalized spacial score (nSPS) is 26.2. The standard InChI is InChI=1S/C17H11NO/c19-14-5-7-17-11-18-8-6-16(17)15-4-2-1-3-12(15)9-13(17)10-14/h1-11H. The first-order chi connectivity index (χ1) is 9.29. The van der Waals surface area contributed by atoms with Crippen LogP contribution in [-0.2, 0) is 4.79 Å². The topological polar surface area (TPSA) is 29.4 Å². The lowest BCUT2D eigenvalue weighted by molar-refractivity contribution is -0.110. The Kier molecular flexibility index (Phi) is 1.93. The number of carbonyl (C=O) groups is 1. The van der Waals surface area contributed by atoms with E-state index in [-0.39, 0.29) is 11.2 Å². The fourth-order valence-electron chi connectivity index (χ4n) is 2.99. The zero-order valence-electron chi connectivity index (χ0n) is 10.2. The van der Waals surface area contributed by atoms with Crippen molar-refractivity contribution in [2.45, 2.75) is 0 Å². The zero-order valence-corrected chi connectivity index (χ0v) is 10.2. The van der Waals surface area contributed by atoms with Gasteiger partial charge in [0.2, 0.25) is 0 Å². The van der Waals surface area contributed by atoms with Gasteiger partial charge in [0.15, 0.2) is 5.78 Å². The van der Waals surface area contributed by atoms with Gasteiger partial charge in [0, 0.05) is 12.4 Å². The molecule has 4 rings (SSSR count). The van der Waals surface area contributed by atoms with Crippen LogP contribution in [0.4, 0.5) is 0 Å². The summed E-state index contributed by atoms with van der Waals surface area (Å²) in [7, 11) is 0. The van der Waals surface area contributed by atoms with Crippen LogP contribution in [0.25, 0.3) is 11.6 Å². The molecule has 1 unspecified atom stereocenters. The van der Waals surface area contributed by atoms with Crippen LogP contribution in [0.5, 0.6) is 0 Å². The van der Waals surface area contributed by atoms with Crippen LogP contribution in [0.15, 0.2) is 65.3 Å². The minimum atomic E-state index is -0.364. The van der Waals surface area contributed by atoms with Crippen molar-refractivity contribution in [1.82, 2.24) is 0 Å². The first-order valence-electron chi connectivity index (χ1n) is 6.27. The molecule has 0 radical (unpaired) electrons. The third kappa shape index (κ3) is 1.31. The van der Waals surface area contributed by atoms with Crippen molar-refractivity contribution in [3.05, 3.63) is 70.8 Å². The van der Waals surface area contributed by atoms with Crippen LogP contribution in [0.2, 0.25) is 0 Å². The summed E-state index contributed by atoms with van der Waals surface area (Å²) < 4.78 is 0. The molecule has 1 heterocycles. The third-order valence-corrected chi connectivity index (χ3v) is 3.90. The zero-order chi connectivity index (χ0) is 12.9. The van der Waals surface area contributed by atoms with Crippen LogP contribution in [0.3, 0.4) is 0 Å². The van der Waals surface area contributed by atoms with E-state index in [1.807, 2.05) is 36.7 Å². The molecule has 90 valence electrons. The van der Waals surface area contributed by atoms with E-state index in [2.05, 4.69) is 23.2 Å². The summed E-state index contributed by atoms with van der Waals surface area (Å²) in [5.41, 5.74) is 1.83. The van der Waals surface area contributed by atoms with Gasteiger partial charge in [-0.3, -0.25) is 9.79 Å². The Morgan fingerprint density at radius 3 is 2.89 bits per heavy atom. The average Bonchev–Trinajstić information content (AvgIpc) is 2.45. The number of fused-ring (bicyclic) bond motifs is 1. The molecule has 0 N–H and O–H groups in total. The molecular weight excluding hydrogens is 234 g/mol. The lowest BCUT2D eigenvalue weighted by Gasteiger charge is -2.35. The number of allylic oxidation sites excluding steroid dienone is 5. The van der Waals surface area contributed by atoms with Gasteiger partial charge in [0.1, 0.15) is 0 Å². The highest BCUT2D eigenvalue weighted by molar-refractivity contribution is 6.09. The van der Waals surface area contributed by atoms with Crippen molar-refractivity contribution in [2.24, 2.45) is 10.4 Å². The molecule has 1 aromatic carbocycles. The Morgan fingerprint density at radius 1 is 1.05 bits per heavy atom. The summed E-state index contributed by atoms with van der Waals surface area (Å²) in [4.78, 5) is 15.9. The number of rotatable bonds is 0. The molecule has 1 atom stereocenters. The van der Waals surface area contributed by atoms with Crippen molar-refractivity contribution < 1.29 is 4.79 Å². The first kappa shape index (κ1) is 10.4. The van der Waals surface area contributed by atoms with Gasteiger partial charge in [-0.15, -0.1) is 0 Å². The predicted octanol–water partition coefficient (Wildman–Crippen LogP) is 1.28. The van der Waals surface area contributed by atoms with Crippen molar-refractivity contribution >= 4 is 23.6 Å². The molecule has 0 fully saturated rings. The molecule has 1 spiro atoms. The molecule has 0 bridgehead atoms. The molecule has 2 nitrogen and oxygen atoms in total. The van der Waals surface area contributed by atoms with Crippen LogP contribution in [-0.4, -0.2) is 12.0 Å². The van der Waals surface area contributed by atoms with Crippen LogP contribution in [0, 0.1) is 5.41 Å². The molecule has 0 amide bonds. The predicted molar refractivity (Wildman–Crippen MR) is 75.9 cm³/mol. The van der Waals surface area contributed by atoms with Gasteiger partial charge in [-0.2, -0.15) is 0 Å². The lowest BCUT2D eigenvalue weighted by Crippen LogP contribution is -2.41. The highest BCUT2D eigenvalue weighted by atomic mass is 16.1. The van der Waals surface area contributed by atoms with E-state index in [1.54, 1.807) is 12.2 Å². The van der Waals surface area contributed by atoms with Crippen molar-refractivity contribution in [1.29, 1.82) is 0 Å². The van der Waals surface area contributed by atoms with Crippen LogP contribution < -0.4 is 10.4 Å². The highest BCUT2D eigenvalue weighted by Gasteiger charge is 2.37. The van der Waals surface area contributed by atoms with E-state index in [1.165, 1.54) is 10.8 Å². The fraction of sp³-hybridized carbons (Fsp3) is 0.0588. The van der Waals surface area contributed by atoms with Gasteiger partial charge in [-0.05, 0) is 45.9 Å². The van der Waals surface area contributed by atoms with Gasteiger partial charge in [0.05, 0.1) is 5.41 Å². The van der Waals surface area contributed by atoms with Gasteiger partial charge in [0.25, 0.3) is 0 Å². The Labute approximate surface area is 110 Å². The van der Waals surface area contributed by atoms with Gasteiger partial charge in [-0.1, -0.05) is 30.3 Å². The number of carbonyl (C=O) groups excluding carboxylic acids is 1. The maximum Gasteiger partial charge on any atom is 0.178 e. The maximum absolute atomic E-state index is 11.6. The molecule has 1 aromatic rings. The largest absolute Gasteiger partial charge is 0.290 e. The van der Waals surface area contributed by atoms with E-state index < -0.39 is 0 Å². The molecule has 2 heteroatoms. The molecule has 1 aliphatic heterocycles. The van der Waals surface area contributed by atoms with Crippen molar-refractivity contribution in [2.75, 3.05) is 0 Å². The van der Waals surface area contributed by atoms with Crippen molar-refractivity contribution in [3.8, 4) is 0 Å². The van der Waals surface area contributed by atoms with Gasteiger partial charge in [-0.25, -0.2) is 0 Å². The quantitative estimate of drug-likeness (QED) is 0.677. The second-order valence-electron chi connectivity index (χ2n) is 4.94. The SMILES string of the molecule is O=C1C=CC23C=NC=CC2=c2ccccc2=CC3=C1. The number of benzene rings is 1. The maximum atomic E-state index is 11.6. The lowest BCUT2D eigenvalue weighted by atomic mass is 9.68. The van der Waals surface area contributed by atoms with Crippen molar-refractivity contribution in [3.63, 3.8) is 0 Å². The number of ketones is 1. The molecule has 3 aliphatic rings. The third-order valence-electron chi connectivity index (χ3n) is 3.90. The average molecular weight is 245 g/mol. The van der Waals surface area contributed by atoms with Gasteiger partial charge < -0.3 is 0 Å². The molecule has 2 aliphatic carbocycles. The fourth-order valence-corrected chi connectivity index (χ4v) is 2.99. The Morgan fingerprint density at radius 2 is 1.95 bits per heavy atom. The van der Waals surface area contributed by atoms with E-state index >= 15 is 0 Å². The van der Waals surface area contributed by atoms with E-state index in [4.69, 9.17) is 0 Å². The second-order valence-corrected chi connectivity index (χ2v) is 4.94. The summed E-state index contributed by atoms with van der Waals surface area (Å²) in [5.74, 6) is 0.0403. The summed E-state index contributed by atoms with van der Waals surface area (Å²) in [5, 5.41) is 2.36. The van der Waals surface area contributed by atoms with Crippen LogP contribution in [0.1, 0.15) is 0 Å². The van der Waals surface area contributed by atoms with E-state index in [0.29, 0.717) is 0 Å². The number of hydrogen-bond acceptors (Lipinski definition) is 2. The summed E-state index contributed by atoms with van der Waals surface area (Å²) >= 11 is 0. The Bertz CT molecular complexity index is 836. The minimum absolute atomic E-state index is 0.0403. The Balaban J connectivity index is 2.20. The van der Waals surface area contributed by atoms with E-state index in [0.717, 1.165) is 10.8 Å². The molecule has 0 aromatic heterocycles. The number of aliphatic imine (C=N–C) groups is 1. The summed E-state index contributed by atoms with van der Waals surface area (Å²) in [6.45, 7) is 0. The first-order valence-corrected chi connectivity index (χ1v) is 6.27. The summed E-state index contributed by atoms with van der Waals surface area (Å²) in [6.07, 6.45) is 13.2. The second kappa shape index (κ2) is 3.51. The Hall–Kier alpha value is -2.48. The number of nitrogens with zero attached hydrogens (tertiary/aromatic N) is 1. The monoisotopic (exact) mass is 245 g/mol. The minimum Gasteiger partial charge on any atom is -0.290 e.